The molecule has 0 bridgehead atoms. The van der Waals surface area contributed by atoms with Crippen LogP contribution in [0.4, 0.5) is 4.39 Å². The molecule has 0 spiro atoms. The van der Waals surface area contributed by atoms with Crippen LogP contribution in [-0.2, 0) is 4.79 Å². The van der Waals surface area contributed by atoms with Crippen molar-refractivity contribution in [3.63, 3.8) is 0 Å². The first kappa shape index (κ1) is 16.7. The van der Waals surface area contributed by atoms with Crippen molar-refractivity contribution in [2.24, 2.45) is 0 Å². The molecule has 0 aromatic heterocycles. The molecule has 4 nitrogen and oxygen atoms in total. The van der Waals surface area contributed by atoms with Crippen LogP contribution in [0.1, 0.15) is 36.5 Å². The summed E-state index contributed by atoms with van der Waals surface area (Å²) in [7, 11) is 1.74. The van der Waals surface area contributed by atoms with Crippen molar-refractivity contribution in [3.05, 3.63) is 34.6 Å². The fourth-order valence-electron chi connectivity index (χ4n) is 2.63. The van der Waals surface area contributed by atoms with Crippen LogP contribution in [-0.4, -0.2) is 47.8 Å². The van der Waals surface area contributed by atoms with E-state index < -0.39 is 11.9 Å². The van der Waals surface area contributed by atoms with E-state index in [9.17, 15) is 14.0 Å². The van der Waals surface area contributed by atoms with Gasteiger partial charge in [-0.3, -0.25) is 9.59 Å². The molecule has 0 saturated carbocycles. The minimum Gasteiger partial charge on any atom is -0.342 e. The molecule has 0 aliphatic carbocycles. The molecule has 1 aromatic carbocycles. The molecule has 1 atom stereocenters. The second kappa shape index (κ2) is 7.09. The van der Waals surface area contributed by atoms with Crippen molar-refractivity contribution in [2.45, 2.75) is 32.2 Å². The summed E-state index contributed by atoms with van der Waals surface area (Å²) >= 11 is 5.65. The minimum absolute atomic E-state index is 0.0199. The van der Waals surface area contributed by atoms with Crippen LogP contribution in [0.5, 0.6) is 0 Å². The molecule has 0 N–H and O–H groups in total. The van der Waals surface area contributed by atoms with Crippen molar-refractivity contribution in [3.8, 4) is 0 Å². The second-order valence-corrected chi connectivity index (χ2v) is 5.95. The Labute approximate surface area is 134 Å². The highest BCUT2D eigenvalue weighted by Crippen LogP contribution is 2.21. The van der Waals surface area contributed by atoms with Crippen molar-refractivity contribution >= 4 is 23.4 Å². The third-order valence-electron chi connectivity index (χ3n) is 3.97. The molecule has 120 valence electrons. The Morgan fingerprint density at radius 2 is 2.14 bits per heavy atom. The van der Waals surface area contributed by atoms with Crippen LogP contribution in [0.3, 0.4) is 0 Å². The van der Waals surface area contributed by atoms with Gasteiger partial charge >= 0.3 is 0 Å². The van der Waals surface area contributed by atoms with Crippen LogP contribution >= 0.6 is 11.6 Å². The number of hydrogen-bond donors (Lipinski definition) is 0. The first-order valence-electron chi connectivity index (χ1n) is 7.46. The molecule has 6 heteroatoms. The molecule has 2 amide bonds. The van der Waals surface area contributed by atoms with Crippen LogP contribution in [0.15, 0.2) is 18.2 Å². The number of halogens is 2. The number of piperazine rings is 1. The average Bonchev–Trinajstić information content (AvgIpc) is 2.50. The predicted molar refractivity (Wildman–Crippen MR) is 83.4 cm³/mol. The first-order valence-corrected chi connectivity index (χ1v) is 7.84. The maximum Gasteiger partial charge on any atom is 0.254 e. The molecule has 2 rings (SSSR count). The topological polar surface area (TPSA) is 40.6 Å². The summed E-state index contributed by atoms with van der Waals surface area (Å²) in [6, 6.07) is 3.52. The van der Waals surface area contributed by atoms with Gasteiger partial charge in [0.2, 0.25) is 5.91 Å². The van der Waals surface area contributed by atoms with Gasteiger partial charge in [-0.05, 0) is 24.6 Å². The fraction of sp³-hybridized carbons (Fsp3) is 0.500. The van der Waals surface area contributed by atoms with E-state index in [1.54, 1.807) is 16.8 Å². The summed E-state index contributed by atoms with van der Waals surface area (Å²) in [5.74, 6) is -1.00. The van der Waals surface area contributed by atoms with E-state index in [2.05, 4.69) is 0 Å². The Morgan fingerprint density at radius 1 is 1.41 bits per heavy atom. The van der Waals surface area contributed by atoms with Crippen molar-refractivity contribution in [2.75, 3.05) is 20.1 Å². The summed E-state index contributed by atoms with van der Waals surface area (Å²) in [4.78, 5) is 28.2. The summed E-state index contributed by atoms with van der Waals surface area (Å²) in [6.45, 7) is 2.99. The van der Waals surface area contributed by atoms with E-state index in [-0.39, 0.29) is 22.4 Å². The van der Waals surface area contributed by atoms with Crippen molar-refractivity contribution < 1.29 is 14.0 Å². The summed E-state index contributed by atoms with van der Waals surface area (Å²) in [6.07, 6.45) is 2.44. The Morgan fingerprint density at radius 3 is 2.77 bits per heavy atom. The Balaban J connectivity index is 2.24. The van der Waals surface area contributed by atoms with Gasteiger partial charge in [0.1, 0.15) is 11.9 Å². The van der Waals surface area contributed by atoms with Gasteiger partial charge in [-0.2, -0.15) is 0 Å². The van der Waals surface area contributed by atoms with Gasteiger partial charge in [0, 0.05) is 25.7 Å². The third kappa shape index (κ3) is 3.40. The number of rotatable bonds is 4. The molecule has 0 radical (unpaired) electrons. The molecule has 1 aliphatic heterocycles. The van der Waals surface area contributed by atoms with E-state index in [0.29, 0.717) is 19.5 Å². The summed E-state index contributed by atoms with van der Waals surface area (Å²) in [5, 5.41) is -0.0199. The average molecular weight is 327 g/mol. The van der Waals surface area contributed by atoms with Gasteiger partial charge in [-0.15, -0.1) is 0 Å². The number of nitrogens with zero attached hydrogens (tertiary/aromatic N) is 2. The molecular formula is C16H20ClFN2O2. The number of unbranched alkanes of at least 4 members (excludes halogenated alkanes) is 1. The zero-order valence-electron chi connectivity index (χ0n) is 12.8. The van der Waals surface area contributed by atoms with Gasteiger partial charge in [0.05, 0.1) is 5.02 Å². The maximum absolute atomic E-state index is 13.6. The van der Waals surface area contributed by atoms with Gasteiger partial charge in [-0.25, -0.2) is 4.39 Å². The largest absolute Gasteiger partial charge is 0.342 e. The Hall–Kier alpha value is -1.62. The minimum atomic E-state index is -0.627. The highest BCUT2D eigenvalue weighted by atomic mass is 35.5. The van der Waals surface area contributed by atoms with Gasteiger partial charge < -0.3 is 9.80 Å². The van der Waals surface area contributed by atoms with Crippen molar-refractivity contribution in [1.82, 2.24) is 9.80 Å². The second-order valence-electron chi connectivity index (χ2n) is 5.55. The van der Waals surface area contributed by atoms with E-state index in [1.807, 2.05) is 6.92 Å². The van der Waals surface area contributed by atoms with Crippen LogP contribution < -0.4 is 0 Å². The lowest BCUT2D eigenvalue weighted by molar-refractivity contribution is -0.138. The number of carbonyl (C=O) groups is 2. The van der Waals surface area contributed by atoms with Gasteiger partial charge in [0.25, 0.3) is 5.91 Å². The van der Waals surface area contributed by atoms with Crippen molar-refractivity contribution in [1.29, 1.82) is 0 Å². The highest BCUT2D eigenvalue weighted by molar-refractivity contribution is 6.30. The molecule has 1 fully saturated rings. The molecule has 0 unspecified atom stereocenters. The normalized spacial score (nSPS) is 18.7. The summed E-state index contributed by atoms with van der Waals surface area (Å²) in [5.41, 5.74) is 0.223. The number of carbonyl (C=O) groups excluding carboxylic acids is 2. The van der Waals surface area contributed by atoms with E-state index in [4.69, 9.17) is 11.6 Å². The smallest absolute Gasteiger partial charge is 0.254 e. The maximum atomic E-state index is 13.6. The molecule has 1 aromatic rings. The van der Waals surface area contributed by atoms with Crippen LogP contribution in [0, 0.1) is 5.82 Å². The van der Waals surface area contributed by atoms with E-state index in [1.165, 1.54) is 12.1 Å². The zero-order chi connectivity index (χ0) is 16.3. The van der Waals surface area contributed by atoms with E-state index in [0.717, 1.165) is 18.9 Å². The number of amides is 2. The lowest BCUT2D eigenvalue weighted by atomic mass is 10.0. The summed E-state index contributed by atoms with van der Waals surface area (Å²) < 4.78 is 13.6. The molecule has 1 saturated heterocycles. The third-order valence-corrected chi connectivity index (χ3v) is 4.28. The molecule has 1 heterocycles. The lowest BCUT2D eigenvalue weighted by Gasteiger charge is -2.39. The van der Waals surface area contributed by atoms with Crippen LogP contribution in [0.2, 0.25) is 5.02 Å². The molecule has 22 heavy (non-hydrogen) atoms. The van der Waals surface area contributed by atoms with E-state index >= 15 is 0 Å². The highest BCUT2D eigenvalue weighted by Gasteiger charge is 2.35. The predicted octanol–water partition coefficient (Wildman–Crippen LogP) is 2.95. The molecule has 1 aliphatic rings. The Kier molecular flexibility index (Phi) is 5.40. The first-order chi connectivity index (χ1) is 10.5. The van der Waals surface area contributed by atoms with Crippen LogP contribution in [0.25, 0.3) is 0 Å². The Bertz CT molecular complexity index is 579. The quantitative estimate of drug-likeness (QED) is 0.853. The monoisotopic (exact) mass is 326 g/mol. The van der Waals surface area contributed by atoms with Gasteiger partial charge in [-0.1, -0.05) is 31.4 Å². The number of likely N-dealkylation sites (N-methyl/N-ethyl adjacent to an activating group) is 1. The SMILES string of the molecule is CCCC[C@H]1C(=O)N(C)CCN1C(=O)c1ccc(Cl)c(F)c1. The zero-order valence-corrected chi connectivity index (χ0v) is 13.6. The fourth-order valence-corrected chi connectivity index (χ4v) is 2.74. The number of benzene rings is 1. The molecular weight excluding hydrogens is 307 g/mol. The number of hydrogen-bond acceptors (Lipinski definition) is 2. The lowest BCUT2D eigenvalue weighted by Crippen LogP contribution is -2.57. The standard InChI is InChI=1S/C16H20ClFN2O2/c1-3-4-5-14-16(22)19(2)8-9-20(14)15(21)11-6-7-12(17)13(18)10-11/h6-7,10,14H,3-5,8-9H2,1-2H3/t14-/m0/s1. The van der Waals surface area contributed by atoms with Gasteiger partial charge in [0.15, 0.2) is 0 Å².